The highest BCUT2D eigenvalue weighted by Gasteiger charge is 2.14. The maximum Gasteiger partial charge on any atom is 0.214 e. The Morgan fingerprint density at radius 2 is 1.31 bits per heavy atom. The molecule has 0 heterocycles. The Bertz CT molecular complexity index is 160. The molecule has 0 aliphatic heterocycles. The fraction of sp³-hybridized carbons (Fsp3) is 0.800. The lowest BCUT2D eigenvalue weighted by Gasteiger charge is -2.26. The molecule has 0 spiro atoms. The second-order valence-corrected chi connectivity index (χ2v) is 8.34. The van der Waals surface area contributed by atoms with Gasteiger partial charge >= 0.3 is 0 Å². The fourth-order valence-electron chi connectivity index (χ4n) is 1.18. The summed E-state index contributed by atoms with van der Waals surface area (Å²) in [7, 11) is 7.63. The van der Waals surface area contributed by atoms with E-state index in [-0.39, 0.29) is 0 Å². The summed E-state index contributed by atoms with van der Waals surface area (Å²) in [6, 6.07) is 0. The molecule has 0 bridgehead atoms. The Hall–Kier alpha value is -0.123. The maximum atomic E-state index is 2.39. The Labute approximate surface area is 85.0 Å². The lowest BCUT2D eigenvalue weighted by Crippen LogP contribution is -2.44. The highest BCUT2D eigenvalue weighted by atomic mass is 28.3. The predicted molar refractivity (Wildman–Crippen MR) is 63.1 cm³/mol. The van der Waals surface area contributed by atoms with Crippen LogP contribution in [0.15, 0.2) is 11.8 Å². The molecule has 2 nitrogen and oxygen atoms in total. The SMILES string of the molecule is CN(C)[SiH](C=CC(C)(C)C)N(C)C. The van der Waals surface area contributed by atoms with Crippen LogP contribution in [-0.4, -0.2) is 46.4 Å². The summed E-state index contributed by atoms with van der Waals surface area (Å²) in [4.78, 5) is 0. The number of rotatable bonds is 3. The summed E-state index contributed by atoms with van der Waals surface area (Å²) in [5, 5.41) is 0. The van der Waals surface area contributed by atoms with E-state index in [1.807, 2.05) is 0 Å². The van der Waals surface area contributed by atoms with Gasteiger partial charge in [-0.05, 0) is 33.6 Å². The van der Waals surface area contributed by atoms with Crippen LogP contribution in [0.1, 0.15) is 20.8 Å². The zero-order valence-electron chi connectivity index (χ0n) is 10.1. The minimum absolute atomic E-state index is 0.303. The van der Waals surface area contributed by atoms with Crippen molar-refractivity contribution in [2.45, 2.75) is 20.8 Å². The van der Waals surface area contributed by atoms with Crippen LogP contribution < -0.4 is 0 Å². The van der Waals surface area contributed by atoms with Gasteiger partial charge in [-0.3, -0.25) is 0 Å². The Balaban J connectivity index is 4.35. The minimum Gasteiger partial charge on any atom is -0.317 e. The van der Waals surface area contributed by atoms with Gasteiger partial charge in [-0.15, -0.1) is 0 Å². The van der Waals surface area contributed by atoms with E-state index in [4.69, 9.17) is 0 Å². The highest BCUT2D eigenvalue weighted by Crippen LogP contribution is 2.15. The van der Waals surface area contributed by atoms with Crippen molar-refractivity contribution in [1.29, 1.82) is 0 Å². The Morgan fingerprint density at radius 1 is 0.923 bits per heavy atom. The van der Waals surface area contributed by atoms with E-state index in [2.05, 4.69) is 69.9 Å². The molecule has 0 rings (SSSR count). The van der Waals surface area contributed by atoms with Crippen LogP contribution in [0.5, 0.6) is 0 Å². The summed E-state index contributed by atoms with van der Waals surface area (Å²) in [5.74, 6) is 0. The molecule has 3 heteroatoms. The van der Waals surface area contributed by atoms with E-state index in [9.17, 15) is 0 Å². The first-order chi connectivity index (χ1) is 5.74. The number of hydrogen-bond acceptors (Lipinski definition) is 2. The molecule has 0 radical (unpaired) electrons. The number of nitrogens with zero attached hydrogens (tertiary/aromatic N) is 2. The standard InChI is InChI=1S/C10H24N2Si/c1-10(2,3)8-9-13(11(4)5)12(6)7/h8-9,13H,1-7H3. The van der Waals surface area contributed by atoms with Crippen molar-refractivity contribution in [3.63, 3.8) is 0 Å². The molecule has 78 valence electrons. The predicted octanol–water partition coefficient (Wildman–Crippen LogP) is 1.47. The molecule has 0 N–H and O–H groups in total. The van der Waals surface area contributed by atoms with Gasteiger partial charge in [-0.25, -0.2) is 0 Å². The van der Waals surface area contributed by atoms with Crippen molar-refractivity contribution < 1.29 is 0 Å². The Kier molecular flexibility index (Phi) is 4.89. The lowest BCUT2D eigenvalue weighted by atomic mass is 9.98. The Morgan fingerprint density at radius 3 is 1.54 bits per heavy atom. The molecular weight excluding hydrogens is 176 g/mol. The zero-order valence-corrected chi connectivity index (χ0v) is 11.3. The smallest absolute Gasteiger partial charge is 0.214 e. The summed E-state index contributed by atoms with van der Waals surface area (Å²) in [5.41, 5.74) is 2.69. The molecule has 13 heavy (non-hydrogen) atoms. The van der Waals surface area contributed by atoms with E-state index in [0.29, 0.717) is 5.41 Å². The molecular formula is C10H24N2Si. The molecule has 0 aliphatic carbocycles. The van der Waals surface area contributed by atoms with Crippen molar-refractivity contribution in [3.8, 4) is 0 Å². The van der Waals surface area contributed by atoms with E-state index < -0.39 is 9.12 Å². The zero-order chi connectivity index (χ0) is 10.6. The van der Waals surface area contributed by atoms with Crippen LogP contribution in [0.25, 0.3) is 0 Å². The largest absolute Gasteiger partial charge is 0.317 e. The van der Waals surface area contributed by atoms with Crippen molar-refractivity contribution in [1.82, 2.24) is 9.13 Å². The van der Waals surface area contributed by atoms with Gasteiger partial charge in [0, 0.05) is 0 Å². The van der Waals surface area contributed by atoms with E-state index in [1.165, 1.54) is 0 Å². The molecule has 0 saturated carbocycles. The maximum absolute atomic E-state index is 2.39. The molecule has 0 aromatic carbocycles. The number of allylic oxidation sites excluding steroid dienone is 1. The molecule has 0 aliphatic rings. The third-order valence-corrected chi connectivity index (χ3v) is 4.48. The van der Waals surface area contributed by atoms with Crippen molar-refractivity contribution in [3.05, 3.63) is 11.8 Å². The summed E-state index contributed by atoms with van der Waals surface area (Å²) >= 11 is 0. The van der Waals surface area contributed by atoms with Gasteiger partial charge in [0.05, 0.1) is 0 Å². The quantitative estimate of drug-likeness (QED) is 0.637. The second kappa shape index (κ2) is 4.93. The molecule has 0 saturated heterocycles. The average Bonchev–Trinajstić information content (AvgIpc) is 1.82. The van der Waals surface area contributed by atoms with Gasteiger partial charge in [0.15, 0.2) is 0 Å². The summed E-state index contributed by atoms with van der Waals surface area (Å²) < 4.78 is 4.67. The van der Waals surface area contributed by atoms with Gasteiger partial charge in [-0.2, -0.15) is 0 Å². The monoisotopic (exact) mass is 200 g/mol. The average molecular weight is 200 g/mol. The molecule has 0 unspecified atom stereocenters. The third-order valence-electron chi connectivity index (χ3n) is 1.83. The van der Waals surface area contributed by atoms with Gasteiger partial charge in [-0.1, -0.05) is 32.5 Å². The molecule has 0 atom stereocenters. The first-order valence-electron chi connectivity index (χ1n) is 4.76. The van der Waals surface area contributed by atoms with Gasteiger partial charge in [0.2, 0.25) is 9.12 Å². The molecule has 0 aromatic rings. The normalized spacial score (nSPS) is 14.0. The van der Waals surface area contributed by atoms with Crippen LogP contribution in [0.4, 0.5) is 0 Å². The summed E-state index contributed by atoms with van der Waals surface area (Å²) in [6.07, 6.45) is 2.32. The lowest BCUT2D eigenvalue weighted by molar-refractivity contribution is 0.521. The summed E-state index contributed by atoms with van der Waals surface area (Å²) in [6.45, 7) is 6.71. The van der Waals surface area contributed by atoms with Crippen molar-refractivity contribution in [2.24, 2.45) is 5.41 Å². The van der Waals surface area contributed by atoms with E-state index in [1.54, 1.807) is 0 Å². The van der Waals surface area contributed by atoms with Gasteiger partial charge < -0.3 is 9.13 Å². The van der Waals surface area contributed by atoms with Gasteiger partial charge in [0.25, 0.3) is 0 Å². The van der Waals surface area contributed by atoms with E-state index in [0.717, 1.165) is 0 Å². The first kappa shape index (κ1) is 12.9. The number of hydrogen-bond donors (Lipinski definition) is 0. The highest BCUT2D eigenvalue weighted by molar-refractivity contribution is 6.58. The van der Waals surface area contributed by atoms with Crippen LogP contribution in [-0.2, 0) is 0 Å². The van der Waals surface area contributed by atoms with Gasteiger partial charge in [0.1, 0.15) is 0 Å². The fourth-order valence-corrected chi connectivity index (χ4v) is 3.54. The van der Waals surface area contributed by atoms with E-state index >= 15 is 0 Å². The topological polar surface area (TPSA) is 6.48 Å². The van der Waals surface area contributed by atoms with Crippen molar-refractivity contribution in [2.75, 3.05) is 28.2 Å². The van der Waals surface area contributed by atoms with Crippen LogP contribution in [0, 0.1) is 5.41 Å². The third kappa shape index (κ3) is 6.02. The minimum atomic E-state index is -0.994. The van der Waals surface area contributed by atoms with Crippen molar-refractivity contribution >= 4 is 9.12 Å². The van der Waals surface area contributed by atoms with Crippen LogP contribution in [0.3, 0.4) is 0 Å². The second-order valence-electron chi connectivity index (χ2n) is 5.07. The van der Waals surface area contributed by atoms with Crippen LogP contribution in [0.2, 0.25) is 0 Å². The molecule has 0 fully saturated rings. The first-order valence-corrected chi connectivity index (χ1v) is 6.46. The van der Waals surface area contributed by atoms with Crippen LogP contribution >= 0.6 is 0 Å². The molecule has 0 aromatic heterocycles. The molecule has 0 amide bonds.